The quantitative estimate of drug-likeness (QED) is 0.796. The van der Waals surface area contributed by atoms with Crippen molar-refractivity contribution < 1.29 is 19.4 Å². The third-order valence-electron chi connectivity index (χ3n) is 3.73. The summed E-state index contributed by atoms with van der Waals surface area (Å²) in [6, 6.07) is 7.07. The Morgan fingerprint density at radius 1 is 1.43 bits per heavy atom. The van der Waals surface area contributed by atoms with Crippen LogP contribution in [0.25, 0.3) is 0 Å². The fraction of sp³-hybridized carbons (Fsp3) is 0.529. The number of amides is 1. The van der Waals surface area contributed by atoms with Crippen molar-refractivity contribution in [2.75, 3.05) is 19.7 Å². The number of carbonyl (C=O) groups is 2. The molecule has 0 saturated carbocycles. The molecule has 126 valence electrons. The molecule has 6 nitrogen and oxygen atoms in total. The lowest BCUT2D eigenvalue weighted by atomic mass is 10.1. The van der Waals surface area contributed by atoms with Crippen LogP contribution in [0.1, 0.15) is 25.8 Å². The first-order valence-corrected chi connectivity index (χ1v) is 7.91. The number of hydrogen-bond donors (Lipinski definition) is 2. The maximum atomic E-state index is 12.0. The molecule has 2 rings (SSSR count). The first-order valence-electron chi connectivity index (χ1n) is 7.91. The number of piperazine rings is 1. The van der Waals surface area contributed by atoms with Crippen LogP contribution < -0.4 is 10.1 Å². The van der Waals surface area contributed by atoms with Gasteiger partial charge in [0.1, 0.15) is 11.8 Å². The molecule has 1 saturated heterocycles. The van der Waals surface area contributed by atoms with Crippen molar-refractivity contribution in [3.05, 3.63) is 29.8 Å². The number of nitrogens with one attached hydrogen (secondary N) is 1. The Balaban J connectivity index is 2.12. The van der Waals surface area contributed by atoms with E-state index in [1.165, 1.54) is 0 Å². The summed E-state index contributed by atoms with van der Waals surface area (Å²) in [5.41, 5.74) is 0.971. The van der Waals surface area contributed by atoms with E-state index in [0.29, 0.717) is 32.2 Å². The third kappa shape index (κ3) is 4.96. The van der Waals surface area contributed by atoms with Crippen molar-refractivity contribution in [3.63, 3.8) is 0 Å². The summed E-state index contributed by atoms with van der Waals surface area (Å²) in [6.07, 6.45) is -0.194. The van der Waals surface area contributed by atoms with E-state index in [0.717, 1.165) is 11.3 Å². The van der Waals surface area contributed by atoms with Gasteiger partial charge < -0.3 is 15.2 Å². The van der Waals surface area contributed by atoms with Gasteiger partial charge in [0.05, 0.1) is 13.0 Å². The van der Waals surface area contributed by atoms with Crippen LogP contribution in [0.2, 0.25) is 0 Å². The number of nitrogens with zero attached hydrogens (tertiary/aromatic N) is 1. The Morgan fingerprint density at radius 2 is 2.17 bits per heavy atom. The van der Waals surface area contributed by atoms with E-state index < -0.39 is 12.0 Å². The molecule has 1 aromatic rings. The molecule has 1 aliphatic rings. The lowest BCUT2D eigenvalue weighted by molar-refractivity contribution is -0.143. The zero-order valence-corrected chi connectivity index (χ0v) is 13.6. The van der Waals surface area contributed by atoms with Crippen molar-refractivity contribution in [2.24, 2.45) is 5.92 Å². The molecule has 1 atom stereocenters. The number of carboxylic acid groups (broad SMARTS) is 1. The van der Waals surface area contributed by atoms with Crippen LogP contribution >= 0.6 is 0 Å². The summed E-state index contributed by atoms with van der Waals surface area (Å²) in [5.74, 6) is 0.0189. The molecule has 1 aliphatic heterocycles. The van der Waals surface area contributed by atoms with Crippen molar-refractivity contribution in [1.82, 2.24) is 10.2 Å². The molecule has 0 aromatic heterocycles. The summed E-state index contributed by atoms with van der Waals surface area (Å²) in [5, 5.41) is 11.8. The SMILES string of the molecule is CC(C)COc1ccccc1CN1CCNC(=O)C1CC(=O)O. The van der Waals surface area contributed by atoms with E-state index in [-0.39, 0.29) is 12.3 Å². The van der Waals surface area contributed by atoms with Gasteiger partial charge in [0.2, 0.25) is 5.91 Å². The van der Waals surface area contributed by atoms with Crippen LogP contribution in [0.4, 0.5) is 0 Å². The number of carbonyl (C=O) groups excluding carboxylic acids is 1. The predicted molar refractivity (Wildman–Crippen MR) is 86.2 cm³/mol. The van der Waals surface area contributed by atoms with Gasteiger partial charge in [0, 0.05) is 25.2 Å². The number of aliphatic carboxylic acids is 1. The van der Waals surface area contributed by atoms with Gasteiger partial charge in [-0.3, -0.25) is 14.5 Å². The molecule has 1 aromatic carbocycles. The lowest BCUT2D eigenvalue weighted by Gasteiger charge is -2.34. The highest BCUT2D eigenvalue weighted by Crippen LogP contribution is 2.23. The lowest BCUT2D eigenvalue weighted by Crippen LogP contribution is -2.55. The first kappa shape index (κ1) is 17.3. The normalized spacial score (nSPS) is 18.7. The van der Waals surface area contributed by atoms with Crippen LogP contribution in [0.15, 0.2) is 24.3 Å². The number of benzene rings is 1. The number of carboxylic acids is 1. The topological polar surface area (TPSA) is 78.9 Å². The molecule has 1 unspecified atom stereocenters. The summed E-state index contributed by atoms with van der Waals surface area (Å²) < 4.78 is 5.84. The molecule has 1 fully saturated rings. The zero-order valence-electron chi connectivity index (χ0n) is 13.6. The second kappa shape index (κ2) is 7.97. The number of hydrogen-bond acceptors (Lipinski definition) is 4. The van der Waals surface area contributed by atoms with Crippen LogP contribution in [0.5, 0.6) is 5.75 Å². The maximum Gasteiger partial charge on any atom is 0.305 e. The highest BCUT2D eigenvalue weighted by molar-refractivity contribution is 5.86. The molecule has 1 amide bonds. The molecule has 6 heteroatoms. The fourth-order valence-electron chi connectivity index (χ4n) is 2.59. The minimum Gasteiger partial charge on any atom is -0.493 e. The molecule has 0 spiro atoms. The predicted octanol–water partition coefficient (Wildman–Crippen LogP) is 1.50. The molecule has 0 bridgehead atoms. The highest BCUT2D eigenvalue weighted by Gasteiger charge is 2.31. The zero-order chi connectivity index (χ0) is 16.8. The molecular weight excluding hydrogens is 296 g/mol. The van der Waals surface area contributed by atoms with E-state index in [2.05, 4.69) is 19.2 Å². The summed E-state index contributed by atoms with van der Waals surface area (Å²) >= 11 is 0. The van der Waals surface area contributed by atoms with Crippen molar-refractivity contribution >= 4 is 11.9 Å². The Morgan fingerprint density at radius 3 is 2.87 bits per heavy atom. The van der Waals surface area contributed by atoms with E-state index in [4.69, 9.17) is 9.84 Å². The van der Waals surface area contributed by atoms with Gasteiger partial charge in [-0.15, -0.1) is 0 Å². The van der Waals surface area contributed by atoms with Gasteiger partial charge in [-0.2, -0.15) is 0 Å². The highest BCUT2D eigenvalue weighted by atomic mass is 16.5. The molecule has 0 aliphatic carbocycles. The van der Waals surface area contributed by atoms with Gasteiger partial charge >= 0.3 is 5.97 Å². The molecule has 23 heavy (non-hydrogen) atoms. The van der Waals surface area contributed by atoms with Gasteiger partial charge in [-0.05, 0) is 12.0 Å². The largest absolute Gasteiger partial charge is 0.493 e. The maximum absolute atomic E-state index is 12.0. The Labute approximate surface area is 136 Å². The summed E-state index contributed by atoms with van der Waals surface area (Å²) in [6.45, 7) is 6.45. The molecule has 1 heterocycles. The Hall–Kier alpha value is -2.08. The van der Waals surface area contributed by atoms with Crippen molar-refractivity contribution in [1.29, 1.82) is 0 Å². The van der Waals surface area contributed by atoms with Crippen LogP contribution in [0, 0.1) is 5.92 Å². The van der Waals surface area contributed by atoms with E-state index >= 15 is 0 Å². The van der Waals surface area contributed by atoms with Crippen molar-refractivity contribution in [2.45, 2.75) is 32.9 Å². The smallest absolute Gasteiger partial charge is 0.305 e. The van der Waals surface area contributed by atoms with Gasteiger partial charge in [-0.1, -0.05) is 32.0 Å². The monoisotopic (exact) mass is 320 g/mol. The Bertz CT molecular complexity index is 559. The third-order valence-corrected chi connectivity index (χ3v) is 3.73. The molecule has 0 radical (unpaired) electrons. The van der Waals surface area contributed by atoms with Crippen molar-refractivity contribution in [3.8, 4) is 5.75 Å². The average molecular weight is 320 g/mol. The van der Waals surface area contributed by atoms with Crippen LogP contribution in [-0.2, 0) is 16.1 Å². The minimum atomic E-state index is -0.971. The van der Waals surface area contributed by atoms with Gasteiger partial charge in [0.15, 0.2) is 0 Å². The van der Waals surface area contributed by atoms with E-state index in [9.17, 15) is 9.59 Å². The summed E-state index contributed by atoms with van der Waals surface area (Å²) in [7, 11) is 0. The average Bonchev–Trinajstić information content (AvgIpc) is 2.49. The summed E-state index contributed by atoms with van der Waals surface area (Å²) in [4.78, 5) is 24.9. The van der Waals surface area contributed by atoms with Gasteiger partial charge in [0.25, 0.3) is 0 Å². The second-order valence-corrected chi connectivity index (χ2v) is 6.19. The number of ether oxygens (including phenoxy) is 1. The fourth-order valence-corrected chi connectivity index (χ4v) is 2.59. The van der Waals surface area contributed by atoms with Crippen LogP contribution in [-0.4, -0.2) is 47.6 Å². The Kier molecular flexibility index (Phi) is 5.98. The number of para-hydroxylation sites is 1. The number of rotatable bonds is 7. The van der Waals surface area contributed by atoms with Crippen LogP contribution in [0.3, 0.4) is 0 Å². The molecule has 2 N–H and O–H groups in total. The standard InChI is InChI=1S/C17H24N2O4/c1-12(2)11-23-15-6-4-3-5-13(15)10-19-8-7-18-17(22)14(19)9-16(20)21/h3-6,12,14H,7-11H2,1-2H3,(H,18,22)(H,20,21). The first-order chi connectivity index (χ1) is 11.0. The second-order valence-electron chi connectivity index (χ2n) is 6.19. The van der Waals surface area contributed by atoms with Gasteiger partial charge in [-0.25, -0.2) is 0 Å². The molecular formula is C17H24N2O4. The van der Waals surface area contributed by atoms with E-state index in [1.807, 2.05) is 29.2 Å². The minimum absolute atomic E-state index is 0.194. The van der Waals surface area contributed by atoms with E-state index in [1.54, 1.807) is 0 Å².